The number of carbonyl (C=O) groups excluding carboxylic acids is 1. The van der Waals surface area contributed by atoms with Gasteiger partial charge in [0.15, 0.2) is 0 Å². The highest BCUT2D eigenvalue weighted by Crippen LogP contribution is 2.28. The van der Waals surface area contributed by atoms with Crippen LogP contribution in [0.4, 0.5) is 4.79 Å². The highest BCUT2D eigenvalue weighted by atomic mass is 32.2. The second-order valence-electron chi connectivity index (χ2n) is 8.86. The molecule has 0 atom stereocenters. The van der Waals surface area contributed by atoms with Crippen LogP contribution in [0.2, 0.25) is 0 Å². The predicted octanol–water partition coefficient (Wildman–Crippen LogP) is 2.20. The summed E-state index contributed by atoms with van der Waals surface area (Å²) < 4.78 is 33.2. The number of carboxylic acids is 1. The van der Waals surface area contributed by atoms with Crippen LogP contribution >= 0.6 is 0 Å². The fraction of sp³-hybridized carbons (Fsp3) is 0.348. The zero-order valence-electron chi connectivity index (χ0n) is 19.7. The van der Waals surface area contributed by atoms with E-state index in [-0.39, 0.29) is 51.9 Å². The summed E-state index contributed by atoms with van der Waals surface area (Å²) in [6, 6.07) is 3.99. The standard InChI is InChI=1S/C23H26N4O7S/c1-6-9-27(11-10-26(5)22(31)34-23(2,3)4)35(32,33)14-7-8-17-15(12-14)18-16(21(29)30)13-24-19(18)20(28)25-17/h1,7-8,12-13,24H,9-11H2,2-5H3,(H,25,28)(H,29,30). The molecule has 3 N–H and O–H groups in total. The lowest BCUT2D eigenvalue weighted by molar-refractivity contribution is 0.0293. The maximum atomic E-state index is 13.4. The number of likely N-dealkylation sites (N-methyl/N-ethyl adjacent to an activating group) is 1. The number of rotatable bonds is 7. The number of amides is 1. The van der Waals surface area contributed by atoms with Gasteiger partial charge in [-0.15, -0.1) is 6.42 Å². The molecule has 2 heterocycles. The molecule has 0 bridgehead atoms. The van der Waals surface area contributed by atoms with Crippen molar-refractivity contribution in [1.82, 2.24) is 19.2 Å². The molecule has 1 amide bonds. The normalized spacial score (nSPS) is 12.1. The highest BCUT2D eigenvalue weighted by molar-refractivity contribution is 7.89. The van der Waals surface area contributed by atoms with Crippen LogP contribution in [0.15, 0.2) is 34.1 Å². The van der Waals surface area contributed by atoms with Crippen LogP contribution in [-0.4, -0.2) is 77.0 Å². The fourth-order valence-corrected chi connectivity index (χ4v) is 4.83. The Morgan fingerprint density at radius 1 is 1.23 bits per heavy atom. The molecule has 1 aromatic carbocycles. The number of terminal acetylenes is 1. The number of aromatic amines is 2. The number of nitrogens with zero attached hydrogens (tertiary/aromatic N) is 2. The minimum absolute atomic E-state index is 0.0158. The van der Waals surface area contributed by atoms with Crippen molar-refractivity contribution in [3.8, 4) is 12.3 Å². The van der Waals surface area contributed by atoms with E-state index in [4.69, 9.17) is 11.2 Å². The Labute approximate surface area is 201 Å². The number of aromatic nitrogens is 2. The van der Waals surface area contributed by atoms with Gasteiger partial charge >= 0.3 is 12.1 Å². The van der Waals surface area contributed by atoms with Gasteiger partial charge in [-0.2, -0.15) is 4.31 Å². The molecular formula is C23H26N4O7S. The number of benzene rings is 1. The van der Waals surface area contributed by atoms with Crippen molar-refractivity contribution in [2.75, 3.05) is 26.7 Å². The highest BCUT2D eigenvalue weighted by Gasteiger charge is 2.27. The molecule has 0 unspecified atom stereocenters. The molecule has 3 rings (SSSR count). The van der Waals surface area contributed by atoms with E-state index in [9.17, 15) is 27.9 Å². The van der Waals surface area contributed by atoms with Gasteiger partial charge in [-0.05, 0) is 39.0 Å². The molecule has 0 aliphatic rings. The summed E-state index contributed by atoms with van der Waals surface area (Å²) in [5, 5.41) is 9.86. The van der Waals surface area contributed by atoms with Gasteiger partial charge in [-0.25, -0.2) is 18.0 Å². The van der Waals surface area contributed by atoms with E-state index in [2.05, 4.69) is 15.9 Å². The molecule has 11 nitrogen and oxygen atoms in total. The average Bonchev–Trinajstić information content (AvgIpc) is 3.21. The summed E-state index contributed by atoms with van der Waals surface area (Å²) in [6.45, 7) is 4.82. The van der Waals surface area contributed by atoms with E-state index in [0.717, 1.165) is 4.31 Å². The lowest BCUT2D eigenvalue weighted by Gasteiger charge is -2.27. The lowest BCUT2D eigenvalue weighted by Crippen LogP contribution is -2.41. The summed E-state index contributed by atoms with van der Waals surface area (Å²) in [7, 11) is -2.66. The Bertz CT molecular complexity index is 1510. The number of fused-ring (bicyclic) bond motifs is 3. The van der Waals surface area contributed by atoms with Crippen LogP contribution in [0.25, 0.3) is 21.8 Å². The number of aromatic carboxylic acids is 1. The second-order valence-corrected chi connectivity index (χ2v) is 10.8. The largest absolute Gasteiger partial charge is 0.478 e. The van der Waals surface area contributed by atoms with Crippen molar-refractivity contribution in [1.29, 1.82) is 0 Å². The molecule has 0 aliphatic heterocycles. The molecule has 35 heavy (non-hydrogen) atoms. The molecular weight excluding hydrogens is 476 g/mol. The minimum Gasteiger partial charge on any atom is -0.478 e. The first-order valence-corrected chi connectivity index (χ1v) is 12.0. The van der Waals surface area contributed by atoms with Gasteiger partial charge in [0.1, 0.15) is 11.1 Å². The first-order chi connectivity index (χ1) is 16.3. The number of hydrogen-bond acceptors (Lipinski definition) is 6. The average molecular weight is 503 g/mol. The maximum Gasteiger partial charge on any atom is 0.410 e. The van der Waals surface area contributed by atoms with E-state index in [1.54, 1.807) is 20.8 Å². The van der Waals surface area contributed by atoms with Crippen LogP contribution in [0, 0.1) is 12.3 Å². The smallest absolute Gasteiger partial charge is 0.410 e. The molecule has 3 aromatic rings. The third-order valence-electron chi connectivity index (χ3n) is 5.14. The van der Waals surface area contributed by atoms with Crippen molar-refractivity contribution in [3.05, 3.63) is 40.3 Å². The van der Waals surface area contributed by atoms with Crippen molar-refractivity contribution in [2.45, 2.75) is 31.3 Å². The summed E-state index contributed by atoms with van der Waals surface area (Å²) in [6.07, 6.45) is 5.97. The van der Waals surface area contributed by atoms with Crippen LogP contribution < -0.4 is 5.56 Å². The molecule has 0 fully saturated rings. The molecule has 12 heteroatoms. The van der Waals surface area contributed by atoms with E-state index < -0.39 is 33.2 Å². The van der Waals surface area contributed by atoms with Crippen LogP contribution in [0.1, 0.15) is 31.1 Å². The summed E-state index contributed by atoms with van der Waals surface area (Å²) >= 11 is 0. The number of carbonyl (C=O) groups is 2. The van der Waals surface area contributed by atoms with Gasteiger partial charge < -0.3 is 24.7 Å². The van der Waals surface area contributed by atoms with Crippen molar-refractivity contribution < 1.29 is 27.9 Å². The number of sulfonamides is 1. The topological polar surface area (TPSA) is 153 Å². The second kappa shape index (κ2) is 9.44. The third-order valence-corrected chi connectivity index (χ3v) is 6.98. The molecule has 0 radical (unpaired) electrons. The summed E-state index contributed by atoms with van der Waals surface area (Å²) in [5.74, 6) is 1.04. The Kier molecular flexibility index (Phi) is 6.96. The lowest BCUT2D eigenvalue weighted by atomic mass is 10.1. The van der Waals surface area contributed by atoms with Crippen molar-refractivity contribution in [2.24, 2.45) is 0 Å². The number of nitrogens with one attached hydrogen (secondary N) is 2. The Morgan fingerprint density at radius 3 is 2.51 bits per heavy atom. The monoisotopic (exact) mass is 502 g/mol. The van der Waals surface area contributed by atoms with Crippen molar-refractivity contribution >= 4 is 43.9 Å². The van der Waals surface area contributed by atoms with Crippen LogP contribution in [0.5, 0.6) is 0 Å². The number of H-pyrrole nitrogens is 2. The zero-order valence-corrected chi connectivity index (χ0v) is 20.5. The minimum atomic E-state index is -4.14. The molecule has 2 aromatic heterocycles. The van der Waals surface area contributed by atoms with Crippen LogP contribution in [-0.2, 0) is 14.8 Å². The molecule has 0 saturated heterocycles. The van der Waals surface area contributed by atoms with Crippen molar-refractivity contribution in [3.63, 3.8) is 0 Å². The first kappa shape index (κ1) is 25.8. The van der Waals surface area contributed by atoms with Gasteiger partial charge in [-0.3, -0.25) is 4.79 Å². The Morgan fingerprint density at radius 2 is 1.91 bits per heavy atom. The molecule has 0 aliphatic carbocycles. The number of hydrogen-bond donors (Lipinski definition) is 3. The molecule has 186 valence electrons. The van der Waals surface area contributed by atoms with Gasteiger partial charge in [-0.1, -0.05) is 5.92 Å². The fourth-order valence-electron chi connectivity index (χ4n) is 3.46. The van der Waals surface area contributed by atoms with E-state index in [0.29, 0.717) is 0 Å². The Hall–Kier alpha value is -3.82. The summed E-state index contributed by atoms with van der Waals surface area (Å²) in [4.78, 5) is 42.6. The molecule has 0 saturated carbocycles. The molecule has 0 spiro atoms. The summed E-state index contributed by atoms with van der Waals surface area (Å²) in [5.41, 5.74) is -1.11. The van der Waals surface area contributed by atoms with Gasteiger partial charge in [0.2, 0.25) is 10.0 Å². The SMILES string of the molecule is C#CCN(CCN(C)C(=O)OC(C)(C)C)S(=O)(=O)c1ccc2[nH]c(=O)c3[nH]cc(C(=O)O)c3c2c1. The third kappa shape index (κ3) is 5.31. The van der Waals surface area contributed by atoms with E-state index >= 15 is 0 Å². The van der Waals surface area contributed by atoms with E-state index in [1.165, 1.54) is 36.3 Å². The zero-order chi connectivity index (χ0) is 26.1. The number of ether oxygens (including phenoxy) is 1. The van der Waals surface area contributed by atoms with Gasteiger partial charge in [0, 0.05) is 42.6 Å². The number of carboxylic acid groups (broad SMARTS) is 1. The van der Waals surface area contributed by atoms with Gasteiger partial charge in [0.05, 0.1) is 17.0 Å². The predicted molar refractivity (Wildman–Crippen MR) is 130 cm³/mol. The first-order valence-electron chi connectivity index (χ1n) is 10.5. The quantitative estimate of drug-likeness (QED) is 0.419. The van der Waals surface area contributed by atoms with E-state index in [1.807, 2.05) is 0 Å². The maximum absolute atomic E-state index is 13.4. The van der Waals surface area contributed by atoms with Crippen LogP contribution in [0.3, 0.4) is 0 Å². The number of pyridine rings is 1. The van der Waals surface area contributed by atoms with Gasteiger partial charge in [0.25, 0.3) is 5.56 Å². The Balaban J connectivity index is 2.00.